The highest BCUT2D eigenvalue weighted by Crippen LogP contribution is 2.35. The van der Waals surface area contributed by atoms with Gasteiger partial charge in [0, 0.05) is 12.0 Å². The van der Waals surface area contributed by atoms with Crippen LogP contribution >= 0.6 is 11.3 Å². The van der Waals surface area contributed by atoms with Crippen LogP contribution in [0, 0.1) is 6.92 Å². The fourth-order valence-corrected chi connectivity index (χ4v) is 2.64. The Bertz CT molecular complexity index is 528. The summed E-state index contributed by atoms with van der Waals surface area (Å²) in [5.41, 5.74) is 2.97. The van der Waals surface area contributed by atoms with Crippen molar-refractivity contribution < 1.29 is 9.84 Å². The minimum absolute atomic E-state index is 0.298. The van der Waals surface area contributed by atoms with Crippen LogP contribution < -0.4 is 4.74 Å². The van der Waals surface area contributed by atoms with Gasteiger partial charge in [-0.15, -0.1) is 0 Å². The van der Waals surface area contributed by atoms with Gasteiger partial charge >= 0.3 is 0 Å². The van der Waals surface area contributed by atoms with Gasteiger partial charge in [-0.25, -0.2) is 4.98 Å². The van der Waals surface area contributed by atoms with Gasteiger partial charge in [0.1, 0.15) is 10.8 Å². The second-order valence-electron chi connectivity index (χ2n) is 3.83. The lowest BCUT2D eigenvalue weighted by atomic mass is 10.1. The van der Waals surface area contributed by atoms with Crippen LogP contribution in [0.5, 0.6) is 10.8 Å². The molecule has 0 amide bonds. The minimum atomic E-state index is 0.298. The Kier molecular flexibility index (Phi) is 2.11. The zero-order chi connectivity index (χ0) is 11.1. The summed E-state index contributed by atoms with van der Waals surface area (Å²) < 4.78 is 5.45. The summed E-state index contributed by atoms with van der Waals surface area (Å²) in [4.78, 5) is 4.33. The standard InChI is InChI=1S/C12H11NO2S/c1-7-12(14)16-11(13-7)9-2-3-10-8(6-9)4-5-15-10/h2-3,6,14H,4-5H2,1H3. The molecule has 2 aromatic rings. The number of fused-ring (bicyclic) bond motifs is 1. The largest absolute Gasteiger partial charge is 0.498 e. The molecule has 2 heterocycles. The predicted octanol–water partition coefficient (Wildman–Crippen LogP) is 2.76. The van der Waals surface area contributed by atoms with Gasteiger partial charge in [0.2, 0.25) is 0 Å². The van der Waals surface area contributed by atoms with Crippen LogP contribution in [0.25, 0.3) is 10.6 Å². The average molecular weight is 233 g/mol. The number of aromatic hydroxyl groups is 1. The number of ether oxygens (including phenoxy) is 1. The number of aryl methyl sites for hydroxylation is 1. The molecular formula is C12H11NO2S. The van der Waals surface area contributed by atoms with E-state index in [1.807, 2.05) is 19.1 Å². The molecule has 16 heavy (non-hydrogen) atoms. The highest BCUT2D eigenvalue weighted by Gasteiger charge is 2.14. The summed E-state index contributed by atoms with van der Waals surface area (Å²) >= 11 is 1.32. The zero-order valence-corrected chi connectivity index (χ0v) is 9.67. The van der Waals surface area contributed by atoms with Crippen LogP contribution in [0.4, 0.5) is 0 Å². The Morgan fingerprint density at radius 2 is 2.31 bits per heavy atom. The third-order valence-electron chi connectivity index (χ3n) is 2.71. The van der Waals surface area contributed by atoms with Crippen molar-refractivity contribution in [3.05, 3.63) is 29.5 Å². The fraction of sp³-hybridized carbons (Fsp3) is 0.250. The Morgan fingerprint density at radius 3 is 3.06 bits per heavy atom. The van der Waals surface area contributed by atoms with E-state index in [0.717, 1.165) is 29.3 Å². The molecule has 0 fully saturated rings. The second kappa shape index (κ2) is 3.49. The second-order valence-corrected chi connectivity index (χ2v) is 4.81. The summed E-state index contributed by atoms with van der Waals surface area (Å²) in [6.07, 6.45) is 0.958. The molecule has 0 unspecified atom stereocenters. The smallest absolute Gasteiger partial charge is 0.195 e. The van der Waals surface area contributed by atoms with Crippen molar-refractivity contribution in [3.8, 4) is 21.4 Å². The first-order chi connectivity index (χ1) is 7.74. The zero-order valence-electron chi connectivity index (χ0n) is 8.86. The summed E-state index contributed by atoms with van der Waals surface area (Å²) in [6, 6.07) is 6.06. The van der Waals surface area contributed by atoms with E-state index >= 15 is 0 Å². The van der Waals surface area contributed by atoms with Gasteiger partial charge in [-0.3, -0.25) is 0 Å². The van der Waals surface area contributed by atoms with Crippen LogP contribution in [0.1, 0.15) is 11.3 Å². The van der Waals surface area contributed by atoms with Gasteiger partial charge < -0.3 is 9.84 Å². The molecule has 1 aromatic carbocycles. The van der Waals surface area contributed by atoms with Gasteiger partial charge in [0.15, 0.2) is 5.06 Å². The van der Waals surface area contributed by atoms with E-state index in [4.69, 9.17) is 4.74 Å². The molecule has 1 aliphatic rings. The minimum Gasteiger partial charge on any atom is -0.498 e. The topological polar surface area (TPSA) is 42.4 Å². The molecule has 82 valence electrons. The first-order valence-corrected chi connectivity index (χ1v) is 5.98. The summed E-state index contributed by atoms with van der Waals surface area (Å²) in [5, 5.41) is 10.7. The lowest BCUT2D eigenvalue weighted by Gasteiger charge is -2.00. The number of hydrogen-bond donors (Lipinski definition) is 1. The van der Waals surface area contributed by atoms with E-state index in [-0.39, 0.29) is 0 Å². The number of thiazole rings is 1. The third-order valence-corrected chi connectivity index (χ3v) is 3.72. The molecule has 0 bridgehead atoms. The number of aromatic nitrogens is 1. The van der Waals surface area contributed by atoms with Gasteiger partial charge in [0.05, 0.1) is 12.3 Å². The van der Waals surface area contributed by atoms with Gasteiger partial charge in [-0.1, -0.05) is 11.3 Å². The quantitative estimate of drug-likeness (QED) is 0.823. The SMILES string of the molecule is Cc1nc(-c2ccc3c(c2)CCO3)sc1O. The maximum Gasteiger partial charge on any atom is 0.195 e. The normalized spacial score (nSPS) is 13.6. The van der Waals surface area contributed by atoms with E-state index in [1.54, 1.807) is 0 Å². The fourth-order valence-electron chi connectivity index (χ4n) is 1.83. The first kappa shape index (κ1) is 9.66. The van der Waals surface area contributed by atoms with Gasteiger partial charge in [-0.2, -0.15) is 0 Å². The van der Waals surface area contributed by atoms with E-state index in [9.17, 15) is 5.11 Å². The Balaban J connectivity index is 2.07. The maximum absolute atomic E-state index is 9.53. The van der Waals surface area contributed by atoms with Crippen LogP contribution in [-0.2, 0) is 6.42 Å². The molecule has 1 aromatic heterocycles. The molecule has 0 aliphatic carbocycles. The van der Waals surface area contributed by atoms with E-state index < -0.39 is 0 Å². The molecule has 3 rings (SSSR count). The number of nitrogens with zero attached hydrogens (tertiary/aromatic N) is 1. The van der Waals surface area contributed by atoms with Gasteiger partial charge in [0.25, 0.3) is 0 Å². The number of rotatable bonds is 1. The highest BCUT2D eigenvalue weighted by molar-refractivity contribution is 7.16. The molecule has 3 nitrogen and oxygen atoms in total. The number of hydrogen-bond acceptors (Lipinski definition) is 4. The van der Waals surface area contributed by atoms with Crippen molar-refractivity contribution in [1.29, 1.82) is 0 Å². The van der Waals surface area contributed by atoms with Gasteiger partial charge in [-0.05, 0) is 30.7 Å². The summed E-state index contributed by atoms with van der Waals surface area (Å²) in [7, 11) is 0. The molecular weight excluding hydrogens is 222 g/mol. The van der Waals surface area contributed by atoms with Crippen molar-refractivity contribution in [2.24, 2.45) is 0 Å². The lowest BCUT2D eigenvalue weighted by Crippen LogP contribution is -1.85. The van der Waals surface area contributed by atoms with Crippen molar-refractivity contribution in [3.63, 3.8) is 0 Å². The monoisotopic (exact) mass is 233 g/mol. The molecule has 0 spiro atoms. The van der Waals surface area contributed by atoms with Crippen LogP contribution in [0.2, 0.25) is 0 Å². The molecule has 1 aliphatic heterocycles. The van der Waals surface area contributed by atoms with E-state index in [0.29, 0.717) is 10.8 Å². The van der Waals surface area contributed by atoms with Crippen LogP contribution in [0.15, 0.2) is 18.2 Å². The van der Waals surface area contributed by atoms with Crippen LogP contribution in [0.3, 0.4) is 0 Å². The third kappa shape index (κ3) is 1.46. The maximum atomic E-state index is 9.53. The average Bonchev–Trinajstić information content (AvgIpc) is 2.85. The molecule has 4 heteroatoms. The molecule has 0 atom stereocenters. The highest BCUT2D eigenvalue weighted by atomic mass is 32.1. The summed E-state index contributed by atoms with van der Waals surface area (Å²) in [6.45, 7) is 2.58. The first-order valence-electron chi connectivity index (χ1n) is 5.16. The van der Waals surface area contributed by atoms with Crippen LogP contribution in [-0.4, -0.2) is 16.7 Å². The molecule has 1 N–H and O–H groups in total. The van der Waals surface area contributed by atoms with Crippen molar-refractivity contribution in [2.45, 2.75) is 13.3 Å². The van der Waals surface area contributed by atoms with Crippen molar-refractivity contribution >= 4 is 11.3 Å². The van der Waals surface area contributed by atoms with E-state index in [1.165, 1.54) is 16.9 Å². The Morgan fingerprint density at radius 1 is 1.44 bits per heavy atom. The summed E-state index contributed by atoms with van der Waals surface area (Å²) in [5.74, 6) is 0.973. The number of benzene rings is 1. The Labute approximate surface area is 97.3 Å². The van der Waals surface area contributed by atoms with Crippen molar-refractivity contribution in [1.82, 2.24) is 4.98 Å². The van der Waals surface area contributed by atoms with E-state index in [2.05, 4.69) is 11.1 Å². The molecule has 0 saturated heterocycles. The molecule has 0 radical (unpaired) electrons. The van der Waals surface area contributed by atoms with Crippen molar-refractivity contribution in [2.75, 3.05) is 6.61 Å². The predicted molar refractivity (Wildman–Crippen MR) is 63.2 cm³/mol. The molecule has 0 saturated carbocycles. The lowest BCUT2D eigenvalue weighted by molar-refractivity contribution is 0.357. The Hall–Kier alpha value is -1.55.